The van der Waals surface area contributed by atoms with Gasteiger partial charge in [0, 0.05) is 19.0 Å². The highest BCUT2D eigenvalue weighted by molar-refractivity contribution is 14.1. The summed E-state index contributed by atoms with van der Waals surface area (Å²) in [5.74, 6) is 1.61. The molecule has 0 aromatic heterocycles. The molecule has 2 heteroatoms. The van der Waals surface area contributed by atoms with E-state index in [0.29, 0.717) is 17.8 Å². The summed E-state index contributed by atoms with van der Waals surface area (Å²) < 4.78 is 2.66. The summed E-state index contributed by atoms with van der Waals surface area (Å²) in [5.41, 5.74) is 10.3. The van der Waals surface area contributed by atoms with E-state index in [4.69, 9.17) is 0 Å². The van der Waals surface area contributed by atoms with Gasteiger partial charge in [-0.25, -0.2) is 0 Å². The maximum atomic E-state index is 2.46. The van der Waals surface area contributed by atoms with Gasteiger partial charge in [-0.1, -0.05) is 55.0 Å². The zero-order valence-electron chi connectivity index (χ0n) is 16.0. The largest absolute Gasteiger partial charge is 0.0652 e. The lowest BCUT2D eigenvalue weighted by Crippen LogP contribution is -2.13. The Morgan fingerprint density at radius 2 is 1.43 bits per heavy atom. The molecule has 5 rings (SSSR count). The molecule has 0 heterocycles. The quantitative estimate of drug-likeness (QED) is 0.271. The zero-order valence-corrected chi connectivity index (χ0v) is 20.4. The molecule has 0 aliphatic heterocycles. The molecule has 28 heavy (non-hydrogen) atoms. The van der Waals surface area contributed by atoms with E-state index < -0.39 is 0 Å². The van der Waals surface area contributed by atoms with Crippen LogP contribution in [0.1, 0.15) is 54.4 Å². The van der Waals surface area contributed by atoms with Crippen molar-refractivity contribution in [2.75, 3.05) is 0 Å². The van der Waals surface area contributed by atoms with Gasteiger partial charge in [-0.15, -0.1) is 0 Å². The van der Waals surface area contributed by atoms with Crippen molar-refractivity contribution in [2.24, 2.45) is 5.92 Å². The number of benzene rings is 3. The molecule has 2 aliphatic rings. The van der Waals surface area contributed by atoms with Crippen LogP contribution in [0.3, 0.4) is 0 Å². The van der Waals surface area contributed by atoms with Crippen LogP contribution in [0.4, 0.5) is 0 Å². The summed E-state index contributed by atoms with van der Waals surface area (Å²) >= 11 is 4.91. The van der Waals surface area contributed by atoms with Crippen LogP contribution in [0.5, 0.6) is 0 Å². The fourth-order valence-electron chi connectivity index (χ4n) is 5.22. The molecule has 0 amide bonds. The molecule has 0 saturated heterocycles. The Bertz CT molecular complexity index is 1060. The van der Waals surface area contributed by atoms with Gasteiger partial charge in [0.2, 0.25) is 0 Å². The van der Waals surface area contributed by atoms with Gasteiger partial charge >= 0.3 is 0 Å². The molecule has 2 unspecified atom stereocenters. The standard InChI is InChI=1S/C26H22I2/c1-15-11-17-5-3-4-6-20(17)23(15)12-16(2)26-24-13-18(27)7-9-21(24)22-10-8-19(28)14-25(22)26/h3-11,13-14,16,23,26H,12H2,1-2H3. The van der Waals surface area contributed by atoms with Crippen molar-refractivity contribution in [1.82, 2.24) is 0 Å². The first-order chi connectivity index (χ1) is 13.5. The minimum atomic E-state index is 0.481. The maximum absolute atomic E-state index is 2.46. The highest BCUT2D eigenvalue weighted by Gasteiger charge is 2.35. The first-order valence-corrected chi connectivity index (χ1v) is 12.0. The molecule has 0 nitrogen and oxygen atoms in total. The van der Waals surface area contributed by atoms with E-state index in [9.17, 15) is 0 Å². The normalized spacial score (nSPS) is 18.4. The number of fused-ring (bicyclic) bond motifs is 4. The Hall–Kier alpha value is -1.14. The zero-order chi connectivity index (χ0) is 19.4. The van der Waals surface area contributed by atoms with Crippen molar-refractivity contribution in [3.05, 3.63) is 95.6 Å². The fraction of sp³-hybridized carbons (Fsp3) is 0.231. The molecule has 0 N–H and O–H groups in total. The second-order valence-corrected chi connectivity index (χ2v) is 10.7. The Morgan fingerprint density at radius 1 is 0.821 bits per heavy atom. The van der Waals surface area contributed by atoms with Crippen LogP contribution in [0.15, 0.2) is 66.2 Å². The Labute approximate surface area is 194 Å². The van der Waals surface area contributed by atoms with Crippen LogP contribution >= 0.6 is 45.2 Å². The monoisotopic (exact) mass is 588 g/mol. The Morgan fingerprint density at radius 3 is 2.07 bits per heavy atom. The number of rotatable bonds is 3. The highest BCUT2D eigenvalue weighted by atomic mass is 127. The van der Waals surface area contributed by atoms with Gasteiger partial charge in [0.1, 0.15) is 0 Å². The van der Waals surface area contributed by atoms with E-state index >= 15 is 0 Å². The second kappa shape index (κ2) is 7.28. The van der Waals surface area contributed by atoms with E-state index in [-0.39, 0.29) is 0 Å². The molecular weight excluding hydrogens is 566 g/mol. The van der Waals surface area contributed by atoms with Crippen LogP contribution in [-0.2, 0) is 0 Å². The summed E-state index contributed by atoms with van der Waals surface area (Å²) in [4.78, 5) is 0. The van der Waals surface area contributed by atoms with Crippen molar-refractivity contribution in [3.63, 3.8) is 0 Å². The predicted molar refractivity (Wildman–Crippen MR) is 136 cm³/mol. The molecule has 0 fully saturated rings. The van der Waals surface area contributed by atoms with Crippen LogP contribution < -0.4 is 0 Å². The van der Waals surface area contributed by atoms with Crippen LogP contribution in [0, 0.1) is 13.1 Å². The number of hydrogen-bond acceptors (Lipinski definition) is 0. The third kappa shape index (κ3) is 3.07. The average molecular weight is 588 g/mol. The third-order valence-corrected chi connectivity index (χ3v) is 7.81. The van der Waals surface area contributed by atoms with Crippen molar-refractivity contribution >= 4 is 51.3 Å². The molecule has 3 aromatic rings. The molecular formula is C26H22I2. The first-order valence-electron chi connectivity index (χ1n) is 9.89. The van der Waals surface area contributed by atoms with E-state index in [0.717, 1.165) is 0 Å². The van der Waals surface area contributed by atoms with Gasteiger partial charge in [-0.3, -0.25) is 0 Å². The van der Waals surface area contributed by atoms with Crippen LogP contribution in [0.2, 0.25) is 0 Å². The predicted octanol–water partition coefficient (Wildman–Crippen LogP) is 8.24. The highest BCUT2D eigenvalue weighted by Crippen LogP contribution is 2.52. The van der Waals surface area contributed by atoms with Gasteiger partial charge in [0.25, 0.3) is 0 Å². The Balaban J connectivity index is 1.55. The van der Waals surface area contributed by atoms with Gasteiger partial charge < -0.3 is 0 Å². The summed E-state index contributed by atoms with van der Waals surface area (Å²) in [6.45, 7) is 4.76. The minimum absolute atomic E-state index is 0.481. The summed E-state index contributed by atoms with van der Waals surface area (Å²) in [6.07, 6.45) is 3.58. The topological polar surface area (TPSA) is 0 Å². The molecule has 2 aliphatic carbocycles. The molecule has 140 valence electrons. The van der Waals surface area contributed by atoms with Crippen molar-refractivity contribution in [2.45, 2.75) is 32.1 Å². The van der Waals surface area contributed by atoms with E-state index in [2.05, 4.69) is 126 Å². The lowest BCUT2D eigenvalue weighted by molar-refractivity contribution is 0.453. The first kappa shape index (κ1) is 18.9. The molecule has 2 atom stereocenters. The van der Waals surface area contributed by atoms with Crippen molar-refractivity contribution in [3.8, 4) is 11.1 Å². The molecule has 3 aromatic carbocycles. The van der Waals surface area contributed by atoms with Crippen molar-refractivity contribution < 1.29 is 0 Å². The maximum Gasteiger partial charge on any atom is 0.0133 e. The Kier molecular flexibility index (Phi) is 4.90. The summed E-state index contributed by atoms with van der Waals surface area (Å²) in [7, 11) is 0. The molecule has 0 spiro atoms. The molecule has 0 bridgehead atoms. The lowest BCUT2D eigenvalue weighted by atomic mass is 9.78. The number of allylic oxidation sites excluding steroid dienone is 1. The molecule has 0 saturated carbocycles. The second-order valence-electron chi connectivity index (χ2n) is 8.22. The van der Waals surface area contributed by atoms with Crippen molar-refractivity contribution in [1.29, 1.82) is 0 Å². The van der Waals surface area contributed by atoms with Gasteiger partial charge in [0.05, 0.1) is 0 Å². The third-order valence-electron chi connectivity index (χ3n) is 6.47. The van der Waals surface area contributed by atoms with Crippen LogP contribution in [-0.4, -0.2) is 0 Å². The van der Waals surface area contributed by atoms with Crippen LogP contribution in [0.25, 0.3) is 17.2 Å². The smallest absolute Gasteiger partial charge is 0.0133 e. The van der Waals surface area contributed by atoms with E-state index in [1.165, 1.54) is 52.5 Å². The van der Waals surface area contributed by atoms with Gasteiger partial charge in [-0.2, -0.15) is 0 Å². The number of hydrogen-bond donors (Lipinski definition) is 0. The summed E-state index contributed by atoms with van der Waals surface area (Å²) in [5, 5.41) is 0. The fourth-order valence-corrected chi connectivity index (χ4v) is 6.26. The lowest BCUT2D eigenvalue weighted by Gasteiger charge is -2.26. The average Bonchev–Trinajstić information content (AvgIpc) is 3.15. The summed E-state index contributed by atoms with van der Waals surface area (Å²) in [6, 6.07) is 22.9. The number of halogens is 2. The minimum Gasteiger partial charge on any atom is -0.0652 e. The SMILES string of the molecule is CC1=Cc2ccccc2C1CC(C)C1c2cc(I)ccc2-c2ccc(I)cc21. The van der Waals surface area contributed by atoms with Gasteiger partial charge in [-0.05, 0) is 122 Å². The van der Waals surface area contributed by atoms with E-state index in [1.54, 1.807) is 0 Å². The van der Waals surface area contributed by atoms with E-state index in [1.807, 2.05) is 0 Å². The molecule has 0 radical (unpaired) electrons. The van der Waals surface area contributed by atoms with Gasteiger partial charge in [0.15, 0.2) is 0 Å².